The molecule has 0 fully saturated rings. The standard InChI is InChI=1S/C14H24N.CH4O3S/c1-3-5-8-12-15-13-9-7-11-14(15)10-6-4-2;1-5(2,3)4/h7,9,11,13H,3-6,8,10,12H2,1-2H3;1H3,(H,2,3,4)/q+1;/p-1. The monoisotopic (exact) mass is 301 g/mol. The van der Waals surface area contributed by atoms with Crippen LogP contribution in [0.4, 0.5) is 0 Å². The van der Waals surface area contributed by atoms with E-state index in [1.807, 2.05) is 0 Å². The second kappa shape index (κ2) is 10.8. The fourth-order valence-electron chi connectivity index (χ4n) is 1.85. The van der Waals surface area contributed by atoms with Crippen LogP contribution >= 0.6 is 0 Å². The van der Waals surface area contributed by atoms with Crippen molar-refractivity contribution in [1.29, 1.82) is 0 Å². The van der Waals surface area contributed by atoms with Crippen molar-refractivity contribution in [3.8, 4) is 0 Å². The van der Waals surface area contributed by atoms with Gasteiger partial charge < -0.3 is 4.55 Å². The quantitative estimate of drug-likeness (QED) is 0.442. The molecule has 4 nitrogen and oxygen atoms in total. The van der Waals surface area contributed by atoms with Crippen LogP contribution in [0.25, 0.3) is 0 Å². The molecule has 1 aromatic heterocycles. The van der Waals surface area contributed by atoms with Gasteiger partial charge in [0.2, 0.25) is 0 Å². The number of aryl methyl sites for hydroxylation is 2. The molecule has 0 aromatic carbocycles. The maximum absolute atomic E-state index is 9.08. The number of unbranched alkanes of at least 4 members (excludes halogenated alkanes) is 3. The van der Waals surface area contributed by atoms with E-state index in [1.165, 1.54) is 50.8 Å². The Labute approximate surface area is 123 Å². The highest BCUT2D eigenvalue weighted by Crippen LogP contribution is 2.01. The first-order valence-electron chi connectivity index (χ1n) is 7.26. The molecule has 5 heteroatoms. The van der Waals surface area contributed by atoms with Gasteiger partial charge in [0.15, 0.2) is 11.9 Å². The maximum Gasteiger partial charge on any atom is 0.181 e. The Bertz CT molecular complexity index is 450. The van der Waals surface area contributed by atoms with Gasteiger partial charge in [0.1, 0.15) is 6.54 Å². The van der Waals surface area contributed by atoms with Crippen molar-refractivity contribution in [3.05, 3.63) is 30.1 Å². The zero-order valence-corrected chi connectivity index (χ0v) is 13.7. The van der Waals surface area contributed by atoms with Gasteiger partial charge in [-0.15, -0.1) is 0 Å². The summed E-state index contributed by atoms with van der Waals surface area (Å²) in [6.07, 6.45) is 10.6. The Balaban J connectivity index is 0.000000621. The van der Waals surface area contributed by atoms with Crippen LogP contribution in [0.2, 0.25) is 0 Å². The normalized spacial score (nSPS) is 10.8. The molecule has 0 spiro atoms. The lowest BCUT2D eigenvalue weighted by Crippen LogP contribution is -2.37. The molecule has 20 heavy (non-hydrogen) atoms. The van der Waals surface area contributed by atoms with Gasteiger partial charge >= 0.3 is 0 Å². The highest BCUT2D eigenvalue weighted by atomic mass is 32.2. The Hall–Kier alpha value is -0.940. The highest BCUT2D eigenvalue weighted by molar-refractivity contribution is 7.84. The lowest BCUT2D eigenvalue weighted by atomic mass is 10.1. The van der Waals surface area contributed by atoms with Crippen LogP contribution in [0.5, 0.6) is 0 Å². The molecule has 0 N–H and O–H groups in total. The van der Waals surface area contributed by atoms with E-state index < -0.39 is 10.1 Å². The van der Waals surface area contributed by atoms with Gasteiger partial charge in [-0.2, -0.15) is 0 Å². The van der Waals surface area contributed by atoms with Crippen molar-refractivity contribution in [2.45, 2.75) is 58.9 Å². The fraction of sp³-hybridized carbons (Fsp3) is 0.667. The first kappa shape index (κ1) is 19.1. The minimum Gasteiger partial charge on any atom is -0.748 e. The van der Waals surface area contributed by atoms with Crippen molar-refractivity contribution >= 4 is 10.1 Å². The molecule has 0 radical (unpaired) electrons. The van der Waals surface area contributed by atoms with Crippen LogP contribution in [0.1, 0.15) is 51.6 Å². The average Bonchev–Trinajstić information content (AvgIpc) is 2.36. The zero-order chi connectivity index (χ0) is 15.4. The topological polar surface area (TPSA) is 61.1 Å². The predicted molar refractivity (Wildman–Crippen MR) is 80.4 cm³/mol. The smallest absolute Gasteiger partial charge is 0.181 e. The first-order chi connectivity index (χ1) is 9.38. The molecule has 0 aliphatic rings. The van der Waals surface area contributed by atoms with Crippen LogP contribution in [-0.4, -0.2) is 19.2 Å². The van der Waals surface area contributed by atoms with E-state index in [0.29, 0.717) is 6.26 Å². The summed E-state index contributed by atoms with van der Waals surface area (Å²) in [5.74, 6) is 0. The number of hydrogen-bond acceptors (Lipinski definition) is 3. The Morgan fingerprint density at radius 3 is 2.25 bits per heavy atom. The van der Waals surface area contributed by atoms with E-state index in [9.17, 15) is 0 Å². The molecule has 0 saturated carbocycles. The molecule has 1 rings (SSSR count). The van der Waals surface area contributed by atoms with Gasteiger partial charge in [0.05, 0.1) is 10.1 Å². The van der Waals surface area contributed by atoms with Crippen LogP contribution in [-0.2, 0) is 23.1 Å². The molecule has 116 valence electrons. The predicted octanol–water partition coefficient (Wildman–Crippen LogP) is 2.67. The minimum atomic E-state index is -3.92. The summed E-state index contributed by atoms with van der Waals surface area (Å²) in [6.45, 7) is 5.70. The van der Waals surface area contributed by atoms with Crippen LogP contribution in [0.3, 0.4) is 0 Å². The number of aromatic nitrogens is 1. The molecule has 0 bridgehead atoms. The summed E-state index contributed by atoms with van der Waals surface area (Å²) in [5.41, 5.74) is 1.50. The van der Waals surface area contributed by atoms with Crippen molar-refractivity contribution < 1.29 is 17.5 Å². The van der Waals surface area contributed by atoms with E-state index in [-0.39, 0.29) is 0 Å². The second-order valence-electron chi connectivity index (χ2n) is 4.90. The summed E-state index contributed by atoms with van der Waals surface area (Å²) in [7, 11) is -3.92. The lowest BCUT2D eigenvalue weighted by molar-refractivity contribution is -0.704. The van der Waals surface area contributed by atoms with Gasteiger partial charge in [-0.05, 0) is 12.8 Å². The number of hydrogen-bond donors (Lipinski definition) is 0. The third-order valence-electron chi connectivity index (χ3n) is 2.82. The van der Waals surface area contributed by atoms with Gasteiger partial charge in [0, 0.05) is 31.2 Å². The molecule has 0 saturated heterocycles. The Kier molecular flexibility index (Phi) is 10.3. The zero-order valence-electron chi connectivity index (χ0n) is 12.8. The van der Waals surface area contributed by atoms with E-state index in [1.54, 1.807) is 0 Å². The highest BCUT2D eigenvalue weighted by Gasteiger charge is 2.07. The molecule has 1 aromatic rings. The van der Waals surface area contributed by atoms with Crippen LogP contribution in [0, 0.1) is 0 Å². The molecule has 0 unspecified atom stereocenters. The van der Waals surface area contributed by atoms with Crippen molar-refractivity contribution in [3.63, 3.8) is 0 Å². The summed E-state index contributed by atoms with van der Waals surface area (Å²) < 4.78 is 29.7. The van der Waals surface area contributed by atoms with Crippen molar-refractivity contribution in [2.24, 2.45) is 0 Å². The molecular weight excluding hydrogens is 274 g/mol. The number of pyridine rings is 1. The molecule has 0 aliphatic carbocycles. The van der Waals surface area contributed by atoms with E-state index in [0.717, 1.165) is 0 Å². The molecule has 0 amide bonds. The maximum atomic E-state index is 9.08. The van der Waals surface area contributed by atoms with Crippen LogP contribution in [0.15, 0.2) is 24.4 Å². The third-order valence-corrected chi connectivity index (χ3v) is 2.82. The average molecular weight is 301 g/mol. The molecule has 0 aliphatic heterocycles. The van der Waals surface area contributed by atoms with E-state index in [4.69, 9.17) is 13.0 Å². The Morgan fingerprint density at radius 2 is 1.70 bits per heavy atom. The molecule has 1 heterocycles. The Morgan fingerprint density at radius 1 is 1.10 bits per heavy atom. The molecule has 0 atom stereocenters. The van der Waals surface area contributed by atoms with Gasteiger partial charge in [0.25, 0.3) is 0 Å². The lowest BCUT2D eigenvalue weighted by Gasteiger charge is -2.02. The number of nitrogens with zero attached hydrogens (tertiary/aromatic N) is 1. The third kappa shape index (κ3) is 12.1. The SMILES string of the molecule is CCCCC[n+]1ccccc1CCCC.CS(=O)(=O)[O-]. The van der Waals surface area contributed by atoms with E-state index >= 15 is 0 Å². The van der Waals surface area contributed by atoms with Crippen LogP contribution < -0.4 is 4.57 Å². The minimum absolute atomic E-state index is 0.604. The van der Waals surface area contributed by atoms with Crippen molar-refractivity contribution in [1.82, 2.24) is 0 Å². The van der Waals surface area contributed by atoms with Gasteiger partial charge in [-0.3, -0.25) is 0 Å². The summed E-state index contributed by atoms with van der Waals surface area (Å²) in [4.78, 5) is 0. The summed E-state index contributed by atoms with van der Waals surface area (Å²) in [5, 5.41) is 0. The van der Waals surface area contributed by atoms with Gasteiger partial charge in [-0.25, -0.2) is 13.0 Å². The van der Waals surface area contributed by atoms with Gasteiger partial charge in [-0.1, -0.05) is 32.8 Å². The summed E-state index contributed by atoms with van der Waals surface area (Å²) >= 11 is 0. The summed E-state index contributed by atoms with van der Waals surface area (Å²) in [6, 6.07) is 6.56. The van der Waals surface area contributed by atoms with Crippen molar-refractivity contribution in [2.75, 3.05) is 6.26 Å². The number of rotatable bonds is 7. The fourth-order valence-corrected chi connectivity index (χ4v) is 1.85. The molecular formula is C15H27NO3S. The van der Waals surface area contributed by atoms with E-state index in [2.05, 4.69) is 42.8 Å². The second-order valence-corrected chi connectivity index (χ2v) is 6.31. The largest absolute Gasteiger partial charge is 0.748 e. The first-order valence-corrected chi connectivity index (χ1v) is 9.08.